The van der Waals surface area contributed by atoms with Crippen LogP contribution in [0.2, 0.25) is 0 Å². The smallest absolute Gasteiger partial charge is 0.267 e. The lowest BCUT2D eigenvalue weighted by Gasteiger charge is -2.08. The van der Waals surface area contributed by atoms with Crippen LogP contribution < -0.4 is 0 Å². The molecule has 2 aromatic rings. The Labute approximate surface area is 113 Å². The summed E-state index contributed by atoms with van der Waals surface area (Å²) in [6.07, 6.45) is -10.2. The third-order valence-corrected chi connectivity index (χ3v) is 2.50. The molecule has 0 atom stereocenters. The van der Waals surface area contributed by atoms with Crippen LogP contribution in [-0.4, -0.2) is 15.7 Å². The zero-order chi connectivity index (χ0) is 15.8. The van der Waals surface area contributed by atoms with E-state index in [1.807, 2.05) is 0 Å². The number of alkyl halides is 6. The van der Waals surface area contributed by atoms with Crippen molar-refractivity contribution in [2.45, 2.75) is 12.4 Å². The van der Waals surface area contributed by atoms with Crippen molar-refractivity contribution in [3.63, 3.8) is 0 Å². The topological polar surface area (TPSA) is 34.9 Å². The van der Waals surface area contributed by atoms with E-state index in [9.17, 15) is 31.1 Å². The van der Waals surface area contributed by atoms with Gasteiger partial charge in [-0.3, -0.25) is 4.79 Å². The van der Waals surface area contributed by atoms with E-state index in [0.29, 0.717) is 0 Å². The van der Waals surface area contributed by atoms with E-state index in [4.69, 9.17) is 0 Å². The summed E-state index contributed by atoms with van der Waals surface area (Å²) >= 11 is 0. The van der Waals surface area contributed by atoms with Crippen molar-refractivity contribution >= 4 is 5.91 Å². The molecule has 0 spiro atoms. The van der Waals surface area contributed by atoms with Crippen molar-refractivity contribution in [1.82, 2.24) is 9.78 Å². The van der Waals surface area contributed by atoms with E-state index in [2.05, 4.69) is 5.10 Å². The number of halogens is 6. The van der Waals surface area contributed by atoms with Crippen LogP contribution in [0.3, 0.4) is 0 Å². The Kier molecular flexibility index (Phi) is 3.52. The van der Waals surface area contributed by atoms with E-state index < -0.39 is 29.6 Å². The van der Waals surface area contributed by atoms with Gasteiger partial charge in [0.15, 0.2) is 11.4 Å². The molecule has 1 aromatic heterocycles. The first kappa shape index (κ1) is 15.1. The van der Waals surface area contributed by atoms with Gasteiger partial charge >= 0.3 is 12.4 Å². The fourth-order valence-corrected chi connectivity index (χ4v) is 1.58. The summed E-state index contributed by atoms with van der Waals surface area (Å²) < 4.78 is 75.4. The summed E-state index contributed by atoms with van der Waals surface area (Å²) in [6.45, 7) is 0. The molecule has 0 saturated carbocycles. The highest BCUT2D eigenvalue weighted by atomic mass is 19.4. The minimum absolute atomic E-state index is 0.194. The molecule has 21 heavy (non-hydrogen) atoms. The Bertz CT molecular complexity index is 657. The second-order valence-electron chi connectivity index (χ2n) is 3.99. The predicted molar refractivity (Wildman–Crippen MR) is 58.4 cm³/mol. The van der Waals surface area contributed by atoms with E-state index >= 15 is 0 Å². The molecule has 0 aliphatic carbocycles. The van der Waals surface area contributed by atoms with Gasteiger partial charge in [0.1, 0.15) is 0 Å². The number of hydrogen-bond donors (Lipinski definition) is 0. The van der Waals surface area contributed by atoms with Crippen molar-refractivity contribution in [1.29, 1.82) is 0 Å². The molecule has 0 aliphatic heterocycles. The highest BCUT2D eigenvalue weighted by Crippen LogP contribution is 2.35. The van der Waals surface area contributed by atoms with Crippen LogP contribution in [0.5, 0.6) is 0 Å². The summed E-state index contributed by atoms with van der Waals surface area (Å²) in [5, 5.41) is 2.75. The molecule has 1 aromatic carbocycles. The van der Waals surface area contributed by atoms with Crippen LogP contribution >= 0.6 is 0 Å². The molecule has 0 unspecified atom stereocenters. The third-order valence-electron chi connectivity index (χ3n) is 2.50. The second kappa shape index (κ2) is 4.90. The molecule has 0 amide bonds. The summed E-state index contributed by atoms with van der Waals surface area (Å²) in [4.78, 5) is 11.9. The van der Waals surface area contributed by atoms with Crippen molar-refractivity contribution in [3.8, 4) is 0 Å². The standard InChI is InChI=1S/C12H6F6N2O/c13-11(14,15)8-6-9(12(16,17)18)20(19-8)10(21)7-4-2-1-3-5-7/h1-6H. The minimum Gasteiger partial charge on any atom is -0.267 e. The maximum atomic E-state index is 12.7. The van der Waals surface area contributed by atoms with Gasteiger partial charge in [-0.2, -0.15) is 36.1 Å². The second-order valence-corrected chi connectivity index (χ2v) is 3.99. The van der Waals surface area contributed by atoms with Gasteiger partial charge in [-0.1, -0.05) is 18.2 Å². The van der Waals surface area contributed by atoms with E-state index in [1.165, 1.54) is 30.3 Å². The number of rotatable bonds is 1. The van der Waals surface area contributed by atoms with Gasteiger partial charge in [-0.25, -0.2) is 0 Å². The lowest BCUT2D eigenvalue weighted by Crippen LogP contribution is -2.22. The first-order valence-corrected chi connectivity index (χ1v) is 5.45. The predicted octanol–water partition coefficient (Wildman–Crippen LogP) is 3.61. The highest BCUT2D eigenvalue weighted by Gasteiger charge is 2.43. The fraction of sp³-hybridized carbons (Fsp3) is 0.167. The van der Waals surface area contributed by atoms with Crippen LogP contribution in [0.4, 0.5) is 26.3 Å². The maximum absolute atomic E-state index is 12.7. The number of benzene rings is 1. The fourth-order valence-electron chi connectivity index (χ4n) is 1.58. The van der Waals surface area contributed by atoms with Gasteiger partial charge in [-0.05, 0) is 12.1 Å². The largest absolute Gasteiger partial charge is 0.435 e. The molecule has 0 aliphatic rings. The third kappa shape index (κ3) is 3.06. The first-order chi connectivity index (χ1) is 9.60. The SMILES string of the molecule is O=C(c1ccccc1)n1nc(C(F)(F)F)cc1C(F)(F)F. The summed E-state index contributed by atoms with van der Waals surface area (Å²) in [5.41, 5.74) is -3.76. The van der Waals surface area contributed by atoms with Gasteiger partial charge in [-0.15, -0.1) is 0 Å². The average Bonchev–Trinajstić information content (AvgIpc) is 2.83. The van der Waals surface area contributed by atoms with Gasteiger partial charge in [0.05, 0.1) is 0 Å². The van der Waals surface area contributed by atoms with Crippen molar-refractivity contribution in [2.75, 3.05) is 0 Å². The molecule has 9 heteroatoms. The normalized spacial score (nSPS) is 12.5. The van der Waals surface area contributed by atoms with E-state index in [0.717, 1.165) is 0 Å². The monoisotopic (exact) mass is 308 g/mol. The summed E-state index contributed by atoms with van der Waals surface area (Å²) in [7, 11) is 0. The van der Waals surface area contributed by atoms with Crippen LogP contribution in [0.1, 0.15) is 21.7 Å². The molecule has 1 heterocycles. The Hall–Kier alpha value is -2.32. The summed E-state index contributed by atoms with van der Waals surface area (Å²) in [5.74, 6) is -1.29. The number of carbonyl (C=O) groups excluding carboxylic acids is 1. The quantitative estimate of drug-likeness (QED) is 0.754. The van der Waals surface area contributed by atoms with Crippen molar-refractivity contribution in [2.24, 2.45) is 0 Å². The van der Waals surface area contributed by atoms with E-state index in [1.54, 1.807) is 0 Å². The Morgan fingerprint density at radius 2 is 1.52 bits per heavy atom. The molecule has 0 N–H and O–H groups in total. The Morgan fingerprint density at radius 1 is 0.952 bits per heavy atom. The summed E-state index contributed by atoms with van der Waals surface area (Å²) in [6, 6.07) is 6.41. The van der Waals surface area contributed by atoms with Crippen LogP contribution in [0.25, 0.3) is 0 Å². The Balaban J connectivity index is 2.57. The van der Waals surface area contributed by atoms with Crippen LogP contribution in [-0.2, 0) is 12.4 Å². The highest BCUT2D eigenvalue weighted by molar-refractivity contribution is 5.95. The van der Waals surface area contributed by atoms with Crippen LogP contribution in [0, 0.1) is 0 Å². The Morgan fingerprint density at radius 3 is 2.00 bits per heavy atom. The molecule has 0 bridgehead atoms. The number of hydrogen-bond acceptors (Lipinski definition) is 2. The molecule has 0 fully saturated rings. The van der Waals surface area contributed by atoms with Crippen LogP contribution in [0.15, 0.2) is 36.4 Å². The lowest BCUT2D eigenvalue weighted by atomic mass is 10.2. The molecule has 0 saturated heterocycles. The zero-order valence-electron chi connectivity index (χ0n) is 10.0. The maximum Gasteiger partial charge on any atom is 0.435 e. The van der Waals surface area contributed by atoms with Gasteiger partial charge in [0, 0.05) is 11.6 Å². The van der Waals surface area contributed by atoms with Crippen molar-refractivity contribution in [3.05, 3.63) is 53.3 Å². The van der Waals surface area contributed by atoms with Gasteiger partial charge in [0.25, 0.3) is 5.91 Å². The lowest BCUT2D eigenvalue weighted by molar-refractivity contribution is -0.143. The zero-order valence-corrected chi connectivity index (χ0v) is 10.0. The number of nitrogens with zero attached hydrogens (tertiary/aromatic N) is 2. The minimum atomic E-state index is -5.14. The van der Waals surface area contributed by atoms with Gasteiger partial charge in [0.2, 0.25) is 0 Å². The molecule has 0 radical (unpaired) electrons. The average molecular weight is 308 g/mol. The van der Waals surface area contributed by atoms with Gasteiger partial charge < -0.3 is 0 Å². The molecule has 112 valence electrons. The van der Waals surface area contributed by atoms with Crippen molar-refractivity contribution < 1.29 is 31.1 Å². The number of carbonyl (C=O) groups is 1. The number of aromatic nitrogens is 2. The molecule has 2 rings (SSSR count). The molecular weight excluding hydrogens is 302 g/mol. The molecule has 3 nitrogen and oxygen atoms in total. The van der Waals surface area contributed by atoms with E-state index in [-0.39, 0.29) is 16.3 Å². The first-order valence-electron chi connectivity index (χ1n) is 5.45. The molecular formula is C12H6F6N2O.